The number of hydrogen-bond acceptors (Lipinski definition) is 5. The van der Waals surface area contributed by atoms with Crippen LogP contribution in [0.5, 0.6) is 0 Å². The average Bonchev–Trinajstić information content (AvgIpc) is 3.18. The highest BCUT2D eigenvalue weighted by Gasteiger charge is 2.34. The molecule has 0 atom stereocenters. The molecular weight excluding hydrogens is 423 g/mol. The number of carbonyl (C=O) groups excluding carboxylic acids is 1. The van der Waals surface area contributed by atoms with Crippen LogP contribution in [0.15, 0.2) is 24.5 Å². The highest BCUT2D eigenvalue weighted by molar-refractivity contribution is 6.11. The second kappa shape index (κ2) is 8.11. The molecule has 0 spiro atoms. The summed E-state index contributed by atoms with van der Waals surface area (Å²) < 4.78 is 45.6. The Morgan fingerprint density at radius 1 is 1.27 bits per heavy atom. The molecule has 2 aromatic heterocycles. The molecule has 4 rings (SSSR count). The van der Waals surface area contributed by atoms with Crippen molar-refractivity contribution < 1.29 is 22.7 Å². The van der Waals surface area contributed by atoms with E-state index >= 15 is 0 Å². The number of ether oxygens (including phenoxy) is 1. The SMILES string of the molecule is Cc1c(-c2nc(N)c3nc[nH]c3c2C(=O)N2CCOCC2)cccc1C(F)(F)F.Cl. The summed E-state index contributed by atoms with van der Waals surface area (Å²) in [5.41, 5.74) is 6.27. The summed E-state index contributed by atoms with van der Waals surface area (Å²) in [7, 11) is 0. The number of nitrogens with two attached hydrogens (primary N) is 1. The summed E-state index contributed by atoms with van der Waals surface area (Å²) in [5, 5.41) is 0. The zero-order chi connectivity index (χ0) is 20.8. The molecule has 0 saturated carbocycles. The summed E-state index contributed by atoms with van der Waals surface area (Å²) in [6.07, 6.45) is -3.15. The third-order valence-electron chi connectivity index (χ3n) is 5.01. The number of aromatic amines is 1. The summed E-state index contributed by atoms with van der Waals surface area (Å²) in [6.45, 7) is 2.88. The van der Waals surface area contributed by atoms with Crippen LogP contribution in [0.25, 0.3) is 22.3 Å². The second-order valence-electron chi connectivity index (χ2n) is 6.73. The molecule has 1 aliphatic rings. The van der Waals surface area contributed by atoms with Crippen LogP contribution in [0.4, 0.5) is 19.0 Å². The van der Waals surface area contributed by atoms with Crippen LogP contribution in [0.1, 0.15) is 21.5 Å². The molecule has 3 N–H and O–H groups in total. The van der Waals surface area contributed by atoms with E-state index in [0.717, 1.165) is 6.07 Å². The number of nitrogens with zero attached hydrogens (tertiary/aromatic N) is 3. The van der Waals surface area contributed by atoms with Crippen molar-refractivity contribution in [2.24, 2.45) is 0 Å². The van der Waals surface area contributed by atoms with Gasteiger partial charge in [0.15, 0.2) is 5.82 Å². The van der Waals surface area contributed by atoms with Crippen LogP contribution in [-0.4, -0.2) is 52.1 Å². The molecule has 0 bridgehead atoms. The van der Waals surface area contributed by atoms with E-state index in [1.165, 1.54) is 25.4 Å². The summed E-state index contributed by atoms with van der Waals surface area (Å²) in [6, 6.07) is 3.80. The lowest BCUT2D eigenvalue weighted by molar-refractivity contribution is -0.138. The number of halogens is 4. The highest BCUT2D eigenvalue weighted by atomic mass is 35.5. The Bertz CT molecular complexity index is 1090. The summed E-state index contributed by atoms with van der Waals surface area (Å²) >= 11 is 0. The first-order valence-electron chi connectivity index (χ1n) is 8.95. The molecule has 3 heterocycles. The Balaban J connectivity index is 0.00000256. The minimum atomic E-state index is -4.53. The number of rotatable bonds is 2. The number of amides is 1. The number of nitrogens with one attached hydrogen (secondary N) is 1. The molecule has 0 unspecified atom stereocenters. The van der Waals surface area contributed by atoms with Gasteiger partial charge in [-0.2, -0.15) is 13.2 Å². The predicted octanol–water partition coefficient (Wildman–Crippen LogP) is 3.43. The monoisotopic (exact) mass is 441 g/mol. The molecule has 30 heavy (non-hydrogen) atoms. The highest BCUT2D eigenvalue weighted by Crippen LogP contribution is 2.38. The van der Waals surface area contributed by atoms with Crippen LogP contribution < -0.4 is 5.73 Å². The Morgan fingerprint density at radius 3 is 2.63 bits per heavy atom. The van der Waals surface area contributed by atoms with Gasteiger partial charge >= 0.3 is 6.18 Å². The summed E-state index contributed by atoms with van der Waals surface area (Å²) in [4.78, 5) is 26.2. The Morgan fingerprint density at radius 2 is 1.97 bits per heavy atom. The van der Waals surface area contributed by atoms with Crippen LogP contribution in [0, 0.1) is 6.92 Å². The fourth-order valence-corrected chi connectivity index (χ4v) is 3.55. The molecule has 1 fully saturated rings. The topological polar surface area (TPSA) is 97.1 Å². The number of hydrogen-bond donors (Lipinski definition) is 2. The minimum absolute atomic E-state index is 0. The molecule has 3 aromatic rings. The van der Waals surface area contributed by atoms with E-state index in [4.69, 9.17) is 10.5 Å². The number of morpholine rings is 1. The van der Waals surface area contributed by atoms with Crippen LogP contribution in [0.2, 0.25) is 0 Å². The van der Waals surface area contributed by atoms with Crippen molar-refractivity contribution in [3.8, 4) is 11.3 Å². The third kappa shape index (κ3) is 3.68. The van der Waals surface area contributed by atoms with Gasteiger partial charge in [0.2, 0.25) is 0 Å². The van der Waals surface area contributed by atoms with E-state index < -0.39 is 11.7 Å². The van der Waals surface area contributed by atoms with Crippen LogP contribution in [-0.2, 0) is 10.9 Å². The number of carbonyl (C=O) groups is 1. The van der Waals surface area contributed by atoms with Gasteiger partial charge in [-0.25, -0.2) is 9.97 Å². The van der Waals surface area contributed by atoms with Crippen molar-refractivity contribution in [3.63, 3.8) is 0 Å². The van der Waals surface area contributed by atoms with Crippen molar-refractivity contribution in [1.82, 2.24) is 19.9 Å². The molecular formula is C19H19ClF3N5O2. The zero-order valence-corrected chi connectivity index (χ0v) is 16.7. The predicted molar refractivity (Wildman–Crippen MR) is 107 cm³/mol. The fraction of sp³-hybridized carbons (Fsp3) is 0.316. The lowest BCUT2D eigenvalue weighted by Gasteiger charge is -2.28. The normalized spacial score (nSPS) is 14.6. The maximum Gasteiger partial charge on any atom is 0.416 e. The van der Waals surface area contributed by atoms with Crippen molar-refractivity contribution in [3.05, 3.63) is 41.2 Å². The number of benzene rings is 1. The fourth-order valence-electron chi connectivity index (χ4n) is 3.55. The Kier molecular flexibility index (Phi) is 5.91. The smallest absolute Gasteiger partial charge is 0.382 e. The number of imidazole rings is 1. The molecule has 1 aromatic carbocycles. The van der Waals surface area contributed by atoms with E-state index in [2.05, 4.69) is 15.0 Å². The second-order valence-corrected chi connectivity index (χ2v) is 6.73. The van der Waals surface area contributed by atoms with Gasteiger partial charge in [-0.3, -0.25) is 4.79 Å². The van der Waals surface area contributed by atoms with Crippen LogP contribution >= 0.6 is 12.4 Å². The number of aromatic nitrogens is 3. The first-order valence-corrected chi connectivity index (χ1v) is 8.95. The summed E-state index contributed by atoms with van der Waals surface area (Å²) in [5.74, 6) is -0.326. The Hall–Kier alpha value is -2.85. The maximum absolute atomic E-state index is 13.4. The molecule has 0 radical (unpaired) electrons. The number of anilines is 1. The number of nitrogen functional groups attached to an aromatic ring is 1. The van der Waals surface area contributed by atoms with Crippen molar-refractivity contribution >= 4 is 35.2 Å². The number of fused-ring (bicyclic) bond motifs is 1. The molecule has 1 aliphatic heterocycles. The average molecular weight is 442 g/mol. The molecule has 1 saturated heterocycles. The van der Waals surface area contributed by atoms with Gasteiger partial charge in [-0.15, -0.1) is 12.4 Å². The van der Waals surface area contributed by atoms with Crippen molar-refractivity contribution in [2.75, 3.05) is 32.0 Å². The third-order valence-corrected chi connectivity index (χ3v) is 5.01. The quantitative estimate of drug-likeness (QED) is 0.635. The van der Waals surface area contributed by atoms with E-state index in [1.54, 1.807) is 4.90 Å². The van der Waals surface area contributed by atoms with E-state index in [1.807, 2.05) is 0 Å². The number of H-pyrrole nitrogens is 1. The maximum atomic E-state index is 13.4. The molecule has 160 valence electrons. The minimum Gasteiger partial charge on any atom is -0.382 e. The van der Waals surface area contributed by atoms with Gasteiger partial charge < -0.3 is 20.4 Å². The van der Waals surface area contributed by atoms with E-state index in [-0.39, 0.29) is 46.5 Å². The molecule has 11 heteroatoms. The van der Waals surface area contributed by atoms with Crippen molar-refractivity contribution in [2.45, 2.75) is 13.1 Å². The molecule has 0 aliphatic carbocycles. The lowest BCUT2D eigenvalue weighted by Crippen LogP contribution is -2.41. The van der Waals surface area contributed by atoms with Gasteiger partial charge in [0.1, 0.15) is 5.52 Å². The Labute approximate surface area is 175 Å². The first-order chi connectivity index (χ1) is 13.8. The zero-order valence-electron chi connectivity index (χ0n) is 15.9. The lowest BCUT2D eigenvalue weighted by atomic mass is 9.95. The van der Waals surface area contributed by atoms with Gasteiger partial charge in [0.05, 0.1) is 41.9 Å². The standard InChI is InChI=1S/C19H18F3N5O2.ClH/c1-10-11(3-2-4-12(10)19(20,21)22)14-13(18(28)27-5-7-29-8-6-27)15-16(17(23)26-14)25-9-24-15;/h2-4,9H,5-8H2,1H3,(H2,23,26)(H,24,25);1H. The van der Waals surface area contributed by atoms with Gasteiger partial charge in [0.25, 0.3) is 5.91 Å². The van der Waals surface area contributed by atoms with E-state index in [9.17, 15) is 18.0 Å². The first kappa shape index (κ1) is 21.8. The molecule has 7 nitrogen and oxygen atoms in total. The number of alkyl halides is 3. The van der Waals surface area contributed by atoms with Gasteiger partial charge in [-0.1, -0.05) is 12.1 Å². The van der Waals surface area contributed by atoms with Crippen molar-refractivity contribution in [1.29, 1.82) is 0 Å². The van der Waals surface area contributed by atoms with E-state index in [0.29, 0.717) is 37.3 Å². The molecule has 1 amide bonds. The van der Waals surface area contributed by atoms with Crippen LogP contribution in [0.3, 0.4) is 0 Å². The largest absolute Gasteiger partial charge is 0.416 e. The van der Waals surface area contributed by atoms with Gasteiger partial charge in [-0.05, 0) is 18.6 Å². The van der Waals surface area contributed by atoms with Gasteiger partial charge in [0, 0.05) is 18.7 Å². The number of pyridine rings is 1.